The summed E-state index contributed by atoms with van der Waals surface area (Å²) in [7, 11) is 0. The highest BCUT2D eigenvalue weighted by Gasteiger charge is 2.26. The third kappa shape index (κ3) is 7.51. The third-order valence-corrected chi connectivity index (χ3v) is 5.46. The summed E-state index contributed by atoms with van der Waals surface area (Å²) in [4.78, 5) is 42.9. The predicted molar refractivity (Wildman–Crippen MR) is 119 cm³/mol. The number of amides is 3. The Hall–Kier alpha value is -3.22. The molecule has 3 amide bonds. The van der Waals surface area contributed by atoms with E-state index >= 15 is 0 Å². The van der Waals surface area contributed by atoms with Crippen LogP contribution in [0.3, 0.4) is 0 Å². The molecule has 0 aliphatic heterocycles. The SMILES string of the molecule is O=C(CCCC(=O)Nc1ccccn1)NCC(=O)N(Cc1ccccc1)C1CCCC1. The number of hydrogen-bond acceptors (Lipinski definition) is 4. The summed E-state index contributed by atoms with van der Waals surface area (Å²) in [5, 5.41) is 5.41. The highest BCUT2D eigenvalue weighted by molar-refractivity contribution is 5.90. The predicted octanol–water partition coefficient (Wildman–Crippen LogP) is 3.28. The lowest BCUT2D eigenvalue weighted by atomic mass is 10.1. The Bertz CT molecular complexity index is 852. The highest BCUT2D eigenvalue weighted by Crippen LogP contribution is 2.25. The first kappa shape index (κ1) is 22.5. The van der Waals surface area contributed by atoms with Gasteiger partial charge in [-0.05, 0) is 37.0 Å². The van der Waals surface area contributed by atoms with Gasteiger partial charge in [-0.15, -0.1) is 0 Å². The first-order valence-electron chi connectivity index (χ1n) is 10.9. The van der Waals surface area contributed by atoms with Crippen LogP contribution in [0.1, 0.15) is 50.5 Å². The lowest BCUT2D eigenvalue weighted by Crippen LogP contribution is -2.44. The van der Waals surface area contributed by atoms with Crippen molar-refractivity contribution < 1.29 is 14.4 Å². The van der Waals surface area contributed by atoms with E-state index in [2.05, 4.69) is 15.6 Å². The fourth-order valence-electron chi connectivity index (χ4n) is 3.83. The Morgan fingerprint density at radius 1 is 0.935 bits per heavy atom. The van der Waals surface area contributed by atoms with Gasteiger partial charge in [-0.3, -0.25) is 14.4 Å². The van der Waals surface area contributed by atoms with Crippen molar-refractivity contribution in [2.45, 2.75) is 57.5 Å². The maximum atomic E-state index is 12.9. The topological polar surface area (TPSA) is 91.4 Å². The average Bonchev–Trinajstić information content (AvgIpc) is 3.32. The molecule has 1 heterocycles. The molecule has 164 valence electrons. The molecule has 1 fully saturated rings. The van der Waals surface area contributed by atoms with Crippen LogP contribution in [-0.2, 0) is 20.9 Å². The molecule has 1 aliphatic carbocycles. The Kier molecular flexibility index (Phi) is 8.58. The number of aromatic nitrogens is 1. The van der Waals surface area contributed by atoms with Crippen molar-refractivity contribution in [2.24, 2.45) is 0 Å². The number of carbonyl (C=O) groups excluding carboxylic acids is 3. The smallest absolute Gasteiger partial charge is 0.242 e. The monoisotopic (exact) mass is 422 g/mol. The van der Waals surface area contributed by atoms with Crippen molar-refractivity contribution in [2.75, 3.05) is 11.9 Å². The maximum Gasteiger partial charge on any atom is 0.242 e. The van der Waals surface area contributed by atoms with Gasteiger partial charge < -0.3 is 15.5 Å². The number of nitrogens with one attached hydrogen (secondary N) is 2. The van der Waals surface area contributed by atoms with Crippen LogP contribution in [0, 0.1) is 0 Å². The second kappa shape index (κ2) is 11.8. The molecular formula is C24H30N4O3. The molecule has 1 aromatic heterocycles. The number of anilines is 1. The summed E-state index contributed by atoms with van der Waals surface area (Å²) in [6, 6.07) is 15.4. The van der Waals surface area contributed by atoms with Crippen molar-refractivity contribution in [3.05, 3.63) is 60.3 Å². The summed E-state index contributed by atoms with van der Waals surface area (Å²) >= 11 is 0. The largest absolute Gasteiger partial charge is 0.347 e. The van der Waals surface area contributed by atoms with Crippen LogP contribution < -0.4 is 10.6 Å². The van der Waals surface area contributed by atoms with E-state index in [1.54, 1.807) is 24.4 Å². The van der Waals surface area contributed by atoms with Gasteiger partial charge in [0.15, 0.2) is 0 Å². The maximum absolute atomic E-state index is 12.9. The Morgan fingerprint density at radius 3 is 2.35 bits per heavy atom. The van der Waals surface area contributed by atoms with Crippen LogP contribution in [0.4, 0.5) is 5.82 Å². The molecule has 0 radical (unpaired) electrons. The first-order chi connectivity index (χ1) is 15.1. The molecule has 1 saturated carbocycles. The molecule has 31 heavy (non-hydrogen) atoms. The molecule has 0 spiro atoms. The van der Waals surface area contributed by atoms with E-state index in [9.17, 15) is 14.4 Å². The zero-order valence-corrected chi connectivity index (χ0v) is 17.8. The molecule has 0 atom stereocenters. The molecule has 2 N–H and O–H groups in total. The van der Waals surface area contributed by atoms with Gasteiger partial charge >= 0.3 is 0 Å². The van der Waals surface area contributed by atoms with Crippen LogP contribution >= 0.6 is 0 Å². The van der Waals surface area contributed by atoms with Crippen LogP contribution in [0.25, 0.3) is 0 Å². The van der Waals surface area contributed by atoms with Gasteiger partial charge in [0, 0.05) is 31.6 Å². The molecule has 1 aromatic carbocycles. The van der Waals surface area contributed by atoms with Crippen molar-refractivity contribution in [1.82, 2.24) is 15.2 Å². The van der Waals surface area contributed by atoms with Gasteiger partial charge in [-0.1, -0.05) is 49.2 Å². The lowest BCUT2D eigenvalue weighted by Gasteiger charge is -2.29. The second-order valence-electron chi connectivity index (χ2n) is 7.84. The average molecular weight is 423 g/mol. The number of pyridine rings is 1. The normalized spacial score (nSPS) is 13.5. The molecule has 3 rings (SSSR count). The Morgan fingerprint density at radius 2 is 1.65 bits per heavy atom. The molecule has 2 aromatic rings. The molecule has 0 saturated heterocycles. The Balaban J connectivity index is 1.41. The zero-order chi connectivity index (χ0) is 21.9. The zero-order valence-electron chi connectivity index (χ0n) is 17.8. The van der Waals surface area contributed by atoms with Gasteiger partial charge in [0.1, 0.15) is 5.82 Å². The van der Waals surface area contributed by atoms with E-state index in [0.717, 1.165) is 31.2 Å². The molecule has 7 heteroatoms. The fourth-order valence-corrected chi connectivity index (χ4v) is 3.83. The summed E-state index contributed by atoms with van der Waals surface area (Å²) in [5.74, 6) is 0.0351. The van der Waals surface area contributed by atoms with Crippen molar-refractivity contribution in [1.29, 1.82) is 0 Å². The summed E-state index contributed by atoms with van der Waals surface area (Å²) in [6.45, 7) is 0.552. The molecular weight excluding hydrogens is 392 g/mol. The summed E-state index contributed by atoms with van der Waals surface area (Å²) < 4.78 is 0. The molecule has 1 aliphatic rings. The van der Waals surface area contributed by atoms with Crippen LogP contribution in [0.5, 0.6) is 0 Å². The fraction of sp³-hybridized carbons (Fsp3) is 0.417. The minimum absolute atomic E-state index is 0.0116. The van der Waals surface area contributed by atoms with E-state index in [0.29, 0.717) is 18.8 Å². The van der Waals surface area contributed by atoms with E-state index < -0.39 is 0 Å². The van der Waals surface area contributed by atoms with Gasteiger partial charge in [0.25, 0.3) is 0 Å². The summed E-state index contributed by atoms with van der Waals surface area (Å²) in [5.41, 5.74) is 1.09. The molecule has 7 nitrogen and oxygen atoms in total. The molecule has 0 bridgehead atoms. The quantitative estimate of drug-likeness (QED) is 0.615. The van der Waals surface area contributed by atoms with Crippen molar-refractivity contribution in [3.63, 3.8) is 0 Å². The Labute approximate surface area is 183 Å². The van der Waals surface area contributed by atoms with Crippen molar-refractivity contribution >= 4 is 23.5 Å². The minimum atomic E-state index is -0.218. The van der Waals surface area contributed by atoms with Gasteiger partial charge in [-0.25, -0.2) is 4.98 Å². The number of carbonyl (C=O) groups is 3. The van der Waals surface area contributed by atoms with E-state index in [-0.39, 0.29) is 43.1 Å². The van der Waals surface area contributed by atoms with Gasteiger partial charge in [0.05, 0.1) is 6.54 Å². The highest BCUT2D eigenvalue weighted by atomic mass is 16.2. The minimum Gasteiger partial charge on any atom is -0.347 e. The third-order valence-electron chi connectivity index (χ3n) is 5.46. The first-order valence-corrected chi connectivity index (χ1v) is 10.9. The van der Waals surface area contributed by atoms with Gasteiger partial charge in [-0.2, -0.15) is 0 Å². The van der Waals surface area contributed by atoms with Crippen LogP contribution in [0.15, 0.2) is 54.7 Å². The number of hydrogen-bond donors (Lipinski definition) is 2. The summed E-state index contributed by atoms with van der Waals surface area (Å²) in [6.07, 6.45) is 6.73. The van der Waals surface area contributed by atoms with Crippen molar-refractivity contribution in [3.8, 4) is 0 Å². The number of nitrogens with zero attached hydrogens (tertiary/aromatic N) is 2. The van der Waals surface area contributed by atoms with E-state index in [1.807, 2.05) is 35.2 Å². The van der Waals surface area contributed by atoms with E-state index in [1.165, 1.54) is 0 Å². The van der Waals surface area contributed by atoms with Crippen LogP contribution in [-0.4, -0.2) is 40.2 Å². The number of rotatable bonds is 10. The van der Waals surface area contributed by atoms with Gasteiger partial charge in [0.2, 0.25) is 17.7 Å². The standard InChI is InChI=1S/C24H30N4O3/c29-22(14-8-15-23(30)27-21-13-6-7-16-25-21)26-17-24(31)28(20-11-4-5-12-20)18-19-9-2-1-3-10-19/h1-3,6-7,9-10,13,16,20H,4-5,8,11-12,14-15,17-18H2,(H,26,29)(H,25,27,30). The second-order valence-corrected chi connectivity index (χ2v) is 7.84. The van der Waals surface area contributed by atoms with Crippen LogP contribution in [0.2, 0.25) is 0 Å². The lowest BCUT2D eigenvalue weighted by molar-refractivity contribution is -0.135. The molecule has 0 unspecified atom stereocenters. The number of benzene rings is 1. The van der Waals surface area contributed by atoms with E-state index in [4.69, 9.17) is 0 Å².